The van der Waals surface area contributed by atoms with Crippen molar-refractivity contribution in [2.24, 2.45) is 0 Å². The summed E-state index contributed by atoms with van der Waals surface area (Å²) in [6.45, 7) is 8.10. The molecule has 1 rings (SSSR count). The van der Waals surface area contributed by atoms with Gasteiger partial charge < -0.3 is 5.32 Å². The second-order valence-corrected chi connectivity index (χ2v) is 6.39. The van der Waals surface area contributed by atoms with E-state index >= 15 is 0 Å². The smallest absolute Gasteiger partial charge is 0.128 e. The zero-order chi connectivity index (χ0) is 13.8. The van der Waals surface area contributed by atoms with Crippen molar-refractivity contribution in [1.29, 1.82) is 0 Å². The van der Waals surface area contributed by atoms with Gasteiger partial charge >= 0.3 is 0 Å². The molecule has 0 heterocycles. The molecule has 1 nitrogen and oxygen atoms in total. The molecule has 1 aromatic rings. The van der Waals surface area contributed by atoms with Crippen LogP contribution in [-0.4, -0.2) is 13.1 Å². The van der Waals surface area contributed by atoms with E-state index in [1.165, 1.54) is 6.07 Å². The summed E-state index contributed by atoms with van der Waals surface area (Å²) in [4.78, 5) is 0. The van der Waals surface area contributed by atoms with Crippen LogP contribution in [0, 0.1) is 5.82 Å². The summed E-state index contributed by atoms with van der Waals surface area (Å²) in [5.41, 5.74) is 0.448. The summed E-state index contributed by atoms with van der Waals surface area (Å²) in [6.07, 6.45) is 1.99. The van der Waals surface area contributed by atoms with E-state index < -0.39 is 0 Å². The fraction of sp³-hybridized carbons (Fsp3) is 0.571. The Labute approximate surface area is 122 Å². The Bertz CT molecular complexity index is 407. The third-order valence-electron chi connectivity index (χ3n) is 3.09. The highest BCUT2D eigenvalue weighted by molar-refractivity contribution is 9.10. The molecule has 0 atom stereocenters. The van der Waals surface area contributed by atoms with Crippen molar-refractivity contribution in [3.63, 3.8) is 0 Å². The van der Waals surface area contributed by atoms with Gasteiger partial charge in [-0.1, -0.05) is 32.4 Å². The molecule has 0 saturated carbocycles. The molecule has 0 bridgehead atoms. The van der Waals surface area contributed by atoms with Crippen LogP contribution in [0.15, 0.2) is 16.6 Å². The van der Waals surface area contributed by atoms with Crippen LogP contribution in [0.4, 0.5) is 4.39 Å². The molecular formula is C14H20BrClFN. The molecule has 0 amide bonds. The molecule has 0 aromatic heterocycles. The molecule has 0 unspecified atom stereocenters. The molecule has 0 aliphatic carbocycles. The number of hydrogen-bond donors (Lipinski definition) is 1. The SMILES string of the molecule is CCCNCCC(C)(C)c1cc(Cl)c(Br)cc1F. The van der Waals surface area contributed by atoms with Crippen LogP contribution < -0.4 is 5.32 Å². The van der Waals surface area contributed by atoms with E-state index in [2.05, 4.69) is 28.2 Å². The molecule has 18 heavy (non-hydrogen) atoms. The van der Waals surface area contributed by atoms with Crippen LogP contribution in [-0.2, 0) is 5.41 Å². The Morgan fingerprint density at radius 1 is 1.33 bits per heavy atom. The second kappa shape index (κ2) is 6.88. The Balaban J connectivity index is 2.80. The molecule has 0 aliphatic heterocycles. The fourth-order valence-electron chi connectivity index (χ4n) is 1.88. The molecule has 4 heteroatoms. The van der Waals surface area contributed by atoms with E-state index in [0.717, 1.165) is 25.9 Å². The number of rotatable bonds is 6. The van der Waals surface area contributed by atoms with Gasteiger partial charge in [-0.05, 0) is 65.0 Å². The van der Waals surface area contributed by atoms with Gasteiger partial charge in [0.05, 0.1) is 5.02 Å². The molecule has 102 valence electrons. The van der Waals surface area contributed by atoms with Gasteiger partial charge in [0.1, 0.15) is 5.82 Å². The van der Waals surface area contributed by atoms with E-state index in [-0.39, 0.29) is 11.2 Å². The lowest BCUT2D eigenvalue weighted by Crippen LogP contribution is -2.26. The van der Waals surface area contributed by atoms with Gasteiger partial charge in [-0.2, -0.15) is 0 Å². The summed E-state index contributed by atoms with van der Waals surface area (Å²) in [5.74, 6) is -0.202. The first kappa shape index (κ1) is 15.9. The Kier molecular flexibility index (Phi) is 6.09. The van der Waals surface area contributed by atoms with Crippen molar-refractivity contribution in [3.8, 4) is 0 Å². The van der Waals surface area contributed by atoms with E-state index in [1.807, 2.05) is 13.8 Å². The maximum atomic E-state index is 14.0. The Morgan fingerprint density at radius 2 is 2.00 bits per heavy atom. The average Bonchev–Trinajstić information content (AvgIpc) is 2.29. The lowest BCUT2D eigenvalue weighted by molar-refractivity contribution is 0.434. The van der Waals surface area contributed by atoms with Gasteiger partial charge in [0.2, 0.25) is 0 Å². The largest absolute Gasteiger partial charge is 0.317 e. The van der Waals surface area contributed by atoms with E-state index in [4.69, 9.17) is 11.6 Å². The summed E-state index contributed by atoms with van der Waals surface area (Å²) in [5, 5.41) is 3.90. The van der Waals surface area contributed by atoms with Gasteiger partial charge in [0, 0.05) is 4.47 Å². The third-order valence-corrected chi connectivity index (χ3v) is 4.29. The molecule has 1 N–H and O–H groups in total. The summed E-state index contributed by atoms with van der Waals surface area (Å²) < 4.78 is 14.6. The third kappa shape index (κ3) is 4.22. The average molecular weight is 337 g/mol. The Morgan fingerprint density at radius 3 is 2.61 bits per heavy atom. The summed E-state index contributed by atoms with van der Waals surface area (Å²) in [7, 11) is 0. The van der Waals surface area contributed by atoms with Gasteiger partial charge in [-0.3, -0.25) is 0 Å². The maximum absolute atomic E-state index is 14.0. The predicted molar refractivity (Wildman–Crippen MR) is 79.9 cm³/mol. The number of benzene rings is 1. The normalized spacial score (nSPS) is 11.9. The predicted octanol–water partition coefficient (Wildman–Crippen LogP) is 4.91. The molecule has 0 aliphatic rings. The zero-order valence-corrected chi connectivity index (χ0v) is 13.5. The highest BCUT2D eigenvalue weighted by Crippen LogP contribution is 2.34. The molecule has 0 spiro atoms. The summed E-state index contributed by atoms with van der Waals surface area (Å²) in [6, 6.07) is 3.17. The van der Waals surface area contributed by atoms with Gasteiger partial charge in [0.15, 0.2) is 0 Å². The van der Waals surface area contributed by atoms with E-state index in [9.17, 15) is 4.39 Å². The first-order valence-electron chi connectivity index (χ1n) is 6.24. The first-order chi connectivity index (χ1) is 8.38. The van der Waals surface area contributed by atoms with Crippen LogP contribution in [0.1, 0.15) is 39.2 Å². The Hall–Kier alpha value is -0.120. The monoisotopic (exact) mass is 335 g/mol. The quantitative estimate of drug-likeness (QED) is 0.575. The molecule has 1 aromatic carbocycles. The van der Waals surface area contributed by atoms with E-state index in [0.29, 0.717) is 15.1 Å². The lowest BCUT2D eigenvalue weighted by atomic mass is 9.81. The standard InChI is InChI=1S/C14H20BrClFN/c1-4-6-18-7-5-14(2,3)10-8-12(16)11(15)9-13(10)17/h8-9,18H,4-7H2,1-3H3. The van der Waals surface area contributed by atoms with Crippen molar-refractivity contribution in [2.75, 3.05) is 13.1 Å². The fourth-order valence-corrected chi connectivity index (χ4v) is 2.36. The number of nitrogens with one attached hydrogen (secondary N) is 1. The maximum Gasteiger partial charge on any atom is 0.128 e. The molecular weight excluding hydrogens is 317 g/mol. The van der Waals surface area contributed by atoms with Crippen LogP contribution in [0.25, 0.3) is 0 Å². The highest BCUT2D eigenvalue weighted by atomic mass is 79.9. The molecule has 0 radical (unpaired) electrons. The topological polar surface area (TPSA) is 12.0 Å². The minimum Gasteiger partial charge on any atom is -0.317 e. The van der Waals surface area contributed by atoms with Crippen molar-refractivity contribution < 1.29 is 4.39 Å². The van der Waals surface area contributed by atoms with E-state index in [1.54, 1.807) is 6.07 Å². The van der Waals surface area contributed by atoms with Gasteiger partial charge in [-0.25, -0.2) is 4.39 Å². The number of halogens is 3. The molecule has 0 fully saturated rings. The summed E-state index contributed by atoms with van der Waals surface area (Å²) >= 11 is 9.28. The van der Waals surface area contributed by atoms with Crippen molar-refractivity contribution >= 4 is 27.5 Å². The highest BCUT2D eigenvalue weighted by Gasteiger charge is 2.24. The van der Waals surface area contributed by atoms with Crippen LogP contribution in [0.5, 0.6) is 0 Å². The molecule has 0 saturated heterocycles. The number of hydrogen-bond acceptors (Lipinski definition) is 1. The minimum atomic E-state index is -0.227. The van der Waals surface area contributed by atoms with Crippen molar-refractivity contribution in [2.45, 2.75) is 39.0 Å². The van der Waals surface area contributed by atoms with Gasteiger partial charge in [0.25, 0.3) is 0 Å². The zero-order valence-electron chi connectivity index (χ0n) is 11.1. The van der Waals surface area contributed by atoms with Crippen molar-refractivity contribution in [1.82, 2.24) is 5.32 Å². The van der Waals surface area contributed by atoms with Crippen LogP contribution >= 0.6 is 27.5 Å². The minimum absolute atomic E-state index is 0.202. The second-order valence-electron chi connectivity index (χ2n) is 5.13. The first-order valence-corrected chi connectivity index (χ1v) is 7.41. The van der Waals surface area contributed by atoms with Gasteiger partial charge in [-0.15, -0.1) is 0 Å². The lowest BCUT2D eigenvalue weighted by Gasteiger charge is -2.26. The van der Waals surface area contributed by atoms with Crippen LogP contribution in [0.3, 0.4) is 0 Å². The van der Waals surface area contributed by atoms with Crippen LogP contribution in [0.2, 0.25) is 5.02 Å². The van der Waals surface area contributed by atoms with Crippen molar-refractivity contribution in [3.05, 3.63) is 33.0 Å².